The molecule has 1 fully saturated rings. The lowest BCUT2D eigenvalue weighted by Crippen LogP contribution is -2.45. The maximum Gasteiger partial charge on any atom is 0.224 e. The van der Waals surface area contributed by atoms with E-state index in [0.717, 1.165) is 12.8 Å². The van der Waals surface area contributed by atoms with Crippen molar-refractivity contribution in [2.24, 2.45) is 0 Å². The summed E-state index contributed by atoms with van der Waals surface area (Å²) in [7, 11) is 0. The van der Waals surface area contributed by atoms with Crippen LogP contribution in [0.25, 0.3) is 0 Å². The summed E-state index contributed by atoms with van der Waals surface area (Å²) in [6.07, 6.45) is 4.29. The normalized spacial score (nSPS) is 15.2. The molecule has 0 aliphatic heterocycles. The minimum absolute atomic E-state index is 0.0805. The number of hydrogen-bond acceptors (Lipinski definition) is 3. The van der Waals surface area contributed by atoms with Crippen LogP contribution in [0, 0.1) is 0 Å². The van der Waals surface area contributed by atoms with Gasteiger partial charge in [0.1, 0.15) is 0 Å². The lowest BCUT2D eigenvalue weighted by atomic mass is 9.91. The summed E-state index contributed by atoms with van der Waals surface area (Å²) in [5, 5.41) is 11.4. The first-order chi connectivity index (χ1) is 8.15. The Hall–Kier alpha value is -1.10. The molecule has 0 aromatic carbocycles. The Labute approximate surface area is 102 Å². The summed E-state index contributed by atoms with van der Waals surface area (Å²) in [5.41, 5.74) is 0. The summed E-state index contributed by atoms with van der Waals surface area (Å²) < 4.78 is 0. The van der Waals surface area contributed by atoms with Gasteiger partial charge in [0, 0.05) is 39.1 Å². The molecule has 2 N–H and O–H groups in total. The minimum atomic E-state index is -0.108. The third kappa shape index (κ3) is 4.73. The van der Waals surface area contributed by atoms with E-state index in [1.165, 1.54) is 13.3 Å². The van der Waals surface area contributed by atoms with Crippen LogP contribution in [0.2, 0.25) is 0 Å². The van der Waals surface area contributed by atoms with Gasteiger partial charge in [0.25, 0.3) is 0 Å². The Morgan fingerprint density at radius 2 is 2.12 bits per heavy atom. The SMILES string of the molecule is CC(=O)NCCC(=O)N(CCCO)C1CCC1. The van der Waals surface area contributed by atoms with Gasteiger partial charge < -0.3 is 15.3 Å². The monoisotopic (exact) mass is 242 g/mol. The number of amides is 2. The molecule has 0 unspecified atom stereocenters. The highest BCUT2D eigenvalue weighted by Crippen LogP contribution is 2.25. The topological polar surface area (TPSA) is 69.6 Å². The van der Waals surface area contributed by atoms with Gasteiger partial charge in [0.05, 0.1) is 0 Å². The fourth-order valence-corrected chi connectivity index (χ4v) is 1.94. The highest BCUT2D eigenvalue weighted by atomic mass is 16.3. The van der Waals surface area contributed by atoms with Crippen LogP contribution in [-0.2, 0) is 9.59 Å². The molecule has 2 amide bonds. The number of aliphatic hydroxyl groups is 1. The molecule has 1 saturated carbocycles. The smallest absolute Gasteiger partial charge is 0.224 e. The van der Waals surface area contributed by atoms with E-state index in [0.29, 0.717) is 32.0 Å². The fraction of sp³-hybridized carbons (Fsp3) is 0.833. The largest absolute Gasteiger partial charge is 0.396 e. The van der Waals surface area contributed by atoms with E-state index in [4.69, 9.17) is 5.11 Å². The summed E-state index contributed by atoms with van der Waals surface area (Å²) in [4.78, 5) is 24.5. The molecule has 0 spiro atoms. The van der Waals surface area contributed by atoms with E-state index in [-0.39, 0.29) is 18.4 Å². The average Bonchev–Trinajstić information content (AvgIpc) is 2.20. The molecule has 0 saturated heterocycles. The lowest BCUT2D eigenvalue weighted by molar-refractivity contribution is -0.135. The van der Waals surface area contributed by atoms with Crippen molar-refractivity contribution in [2.75, 3.05) is 19.7 Å². The predicted octanol–water partition coefficient (Wildman–Crippen LogP) is 0.276. The Balaban J connectivity index is 2.33. The van der Waals surface area contributed by atoms with Crippen LogP contribution in [0.1, 0.15) is 39.0 Å². The molecule has 98 valence electrons. The molecule has 0 heterocycles. The molecule has 1 rings (SSSR count). The van der Waals surface area contributed by atoms with Gasteiger partial charge in [-0.1, -0.05) is 0 Å². The number of carbonyl (C=O) groups is 2. The number of carbonyl (C=O) groups excluding carboxylic acids is 2. The Morgan fingerprint density at radius 3 is 2.59 bits per heavy atom. The fourth-order valence-electron chi connectivity index (χ4n) is 1.94. The van der Waals surface area contributed by atoms with Crippen molar-refractivity contribution in [3.8, 4) is 0 Å². The van der Waals surface area contributed by atoms with Crippen LogP contribution >= 0.6 is 0 Å². The summed E-state index contributed by atoms with van der Waals surface area (Å²) in [6.45, 7) is 2.58. The van der Waals surface area contributed by atoms with E-state index in [2.05, 4.69) is 5.32 Å². The molecule has 0 aromatic rings. The number of nitrogens with zero attached hydrogens (tertiary/aromatic N) is 1. The zero-order chi connectivity index (χ0) is 12.7. The van der Waals surface area contributed by atoms with Crippen LogP contribution in [-0.4, -0.2) is 47.6 Å². The third-order valence-corrected chi connectivity index (χ3v) is 3.11. The van der Waals surface area contributed by atoms with Crippen molar-refractivity contribution < 1.29 is 14.7 Å². The summed E-state index contributed by atoms with van der Waals surface area (Å²) in [5.74, 6) is -0.0275. The first-order valence-electron chi connectivity index (χ1n) is 6.30. The van der Waals surface area contributed by atoms with E-state index in [1.54, 1.807) is 0 Å². The zero-order valence-electron chi connectivity index (χ0n) is 10.4. The Morgan fingerprint density at radius 1 is 1.41 bits per heavy atom. The molecule has 0 aromatic heterocycles. The second-order valence-electron chi connectivity index (χ2n) is 4.48. The average molecular weight is 242 g/mol. The van der Waals surface area contributed by atoms with Crippen molar-refractivity contribution in [1.29, 1.82) is 0 Å². The van der Waals surface area contributed by atoms with Gasteiger partial charge >= 0.3 is 0 Å². The van der Waals surface area contributed by atoms with Crippen LogP contribution in [0.4, 0.5) is 0 Å². The Bertz CT molecular complexity index is 264. The highest BCUT2D eigenvalue weighted by molar-refractivity contribution is 5.78. The van der Waals surface area contributed by atoms with Gasteiger partial charge in [0.2, 0.25) is 11.8 Å². The molecule has 17 heavy (non-hydrogen) atoms. The maximum atomic E-state index is 12.0. The molecule has 0 atom stereocenters. The third-order valence-electron chi connectivity index (χ3n) is 3.11. The quantitative estimate of drug-likeness (QED) is 0.673. The van der Waals surface area contributed by atoms with Gasteiger partial charge in [-0.3, -0.25) is 9.59 Å². The first-order valence-corrected chi connectivity index (χ1v) is 6.30. The predicted molar refractivity (Wildman–Crippen MR) is 64.4 cm³/mol. The van der Waals surface area contributed by atoms with Crippen molar-refractivity contribution in [3.05, 3.63) is 0 Å². The second kappa shape index (κ2) is 7.27. The molecule has 0 bridgehead atoms. The first kappa shape index (κ1) is 14.0. The minimum Gasteiger partial charge on any atom is -0.396 e. The van der Waals surface area contributed by atoms with Crippen LogP contribution < -0.4 is 5.32 Å². The molecule has 5 nitrogen and oxygen atoms in total. The zero-order valence-corrected chi connectivity index (χ0v) is 10.4. The van der Waals surface area contributed by atoms with Crippen molar-refractivity contribution >= 4 is 11.8 Å². The molecule has 1 aliphatic rings. The van der Waals surface area contributed by atoms with Crippen LogP contribution in [0.5, 0.6) is 0 Å². The molecule has 1 aliphatic carbocycles. The Kier molecular flexibility index (Phi) is 5.97. The van der Waals surface area contributed by atoms with Gasteiger partial charge in [-0.25, -0.2) is 0 Å². The van der Waals surface area contributed by atoms with Crippen molar-refractivity contribution in [1.82, 2.24) is 10.2 Å². The maximum absolute atomic E-state index is 12.0. The van der Waals surface area contributed by atoms with E-state index < -0.39 is 0 Å². The molecular formula is C12H22N2O3. The van der Waals surface area contributed by atoms with Crippen molar-refractivity contribution in [2.45, 2.75) is 45.1 Å². The van der Waals surface area contributed by atoms with Crippen LogP contribution in [0.3, 0.4) is 0 Å². The number of hydrogen-bond donors (Lipinski definition) is 2. The van der Waals surface area contributed by atoms with Gasteiger partial charge in [-0.2, -0.15) is 0 Å². The van der Waals surface area contributed by atoms with Gasteiger partial charge in [0.15, 0.2) is 0 Å². The standard InChI is InChI=1S/C12H22N2O3/c1-10(16)13-7-6-12(17)14(8-3-9-15)11-4-2-5-11/h11,15H,2-9H2,1H3,(H,13,16). The molecule has 0 radical (unpaired) electrons. The van der Waals surface area contributed by atoms with Crippen LogP contribution in [0.15, 0.2) is 0 Å². The highest BCUT2D eigenvalue weighted by Gasteiger charge is 2.27. The van der Waals surface area contributed by atoms with E-state index in [9.17, 15) is 9.59 Å². The molecular weight excluding hydrogens is 220 g/mol. The van der Waals surface area contributed by atoms with Gasteiger partial charge in [-0.05, 0) is 25.7 Å². The van der Waals surface area contributed by atoms with Gasteiger partial charge in [-0.15, -0.1) is 0 Å². The number of aliphatic hydroxyl groups excluding tert-OH is 1. The number of rotatable bonds is 7. The lowest BCUT2D eigenvalue weighted by Gasteiger charge is -2.37. The van der Waals surface area contributed by atoms with Crippen molar-refractivity contribution in [3.63, 3.8) is 0 Å². The second-order valence-corrected chi connectivity index (χ2v) is 4.48. The number of nitrogens with one attached hydrogen (secondary N) is 1. The molecule has 5 heteroatoms. The van der Waals surface area contributed by atoms with E-state index >= 15 is 0 Å². The summed E-state index contributed by atoms with van der Waals surface area (Å²) in [6, 6.07) is 0.353. The van der Waals surface area contributed by atoms with E-state index in [1.807, 2.05) is 4.90 Å². The summed E-state index contributed by atoms with van der Waals surface area (Å²) >= 11 is 0.